The number of carbonyl (C=O) groups excluding carboxylic acids is 1. The van der Waals surface area contributed by atoms with Gasteiger partial charge in [-0.3, -0.25) is 14.9 Å². The molecule has 0 radical (unpaired) electrons. The number of benzene rings is 2. The fourth-order valence-corrected chi connectivity index (χ4v) is 4.32. The lowest BCUT2D eigenvalue weighted by molar-refractivity contribution is -0.385. The molecule has 10 nitrogen and oxygen atoms in total. The van der Waals surface area contributed by atoms with Gasteiger partial charge in [0.05, 0.1) is 23.0 Å². The van der Waals surface area contributed by atoms with Crippen LogP contribution in [0.1, 0.15) is 5.56 Å². The van der Waals surface area contributed by atoms with E-state index in [0.717, 1.165) is 0 Å². The predicted octanol–water partition coefficient (Wildman–Crippen LogP) is 1.94. The number of nitro benzene ring substituents is 1. The van der Waals surface area contributed by atoms with Gasteiger partial charge in [0.1, 0.15) is 5.75 Å². The van der Waals surface area contributed by atoms with Crippen LogP contribution in [-0.4, -0.2) is 56.5 Å². The monoisotopic (exact) mass is 435 g/mol. The van der Waals surface area contributed by atoms with Crippen LogP contribution < -0.4 is 10.1 Å². The van der Waals surface area contributed by atoms with Crippen LogP contribution in [0.3, 0.4) is 0 Å². The van der Waals surface area contributed by atoms with Gasteiger partial charge in [0.2, 0.25) is 10.0 Å². The van der Waals surface area contributed by atoms with Crippen molar-refractivity contribution in [2.24, 2.45) is 0 Å². The van der Waals surface area contributed by atoms with Gasteiger partial charge in [0.15, 0.2) is 6.61 Å². The molecule has 0 saturated carbocycles. The van der Waals surface area contributed by atoms with E-state index in [-0.39, 0.29) is 17.2 Å². The van der Waals surface area contributed by atoms with Gasteiger partial charge in [-0.15, -0.1) is 0 Å². The van der Waals surface area contributed by atoms with Gasteiger partial charge in [-0.2, -0.15) is 4.31 Å². The highest BCUT2D eigenvalue weighted by Gasteiger charge is 2.26. The van der Waals surface area contributed by atoms with Gasteiger partial charge in [-0.1, -0.05) is 0 Å². The van der Waals surface area contributed by atoms with Gasteiger partial charge in [-0.05, 0) is 43.3 Å². The van der Waals surface area contributed by atoms with Gasteiger partial charge in [0, 0.05) is 30.4 Å². The quantitative estimate of drug-likeness (QED) is 0.520. The van der Waals surface area contributed by atoms with Crippen molar-refractivity contribution >= 4 is 27.3 Å². The number of nitrogens with one attached hydrogen (secondary N) is 1. The molecule has 1 heterocycles. The Morgan fingerprint density at radius 1 is 1.20 bits per heavy atom. The molecule has 1 saturated heterocycles. The molecule has 3 rings (SSSR count). The number of carbonyl (C=O) groups is 1. The highest BCUT2D eigenvalue weighted by Crippen LogP contribution is 2.23. The van der Waals surface area contributed by atoms with Crippen molar-refractivity contribution in [3.05, 3.63) is 58.1 Å². The average molecular weight is 435 g/mol. The Balaban J connectivity index is 1.57. The minimum absolute atomic E-state index is 0.0288. The molecule has 2 aromatic rings. The van der Waals surface area contributed by atoms with Crippen molar-refractivity contribution in [2.75, 3.05) is 38.2 Å². The summed E-state index contributed by atoms with van der Waals surface area (Å²) < 4.78 is 37.1. The number of hydrogen-bond donors (Lipinski definition) is 1. The molecule has 0 spiro atoms. The number of rotatable bonds is 7. The number of aryl methyl sites for hydroxylation is 1. The molecule has 0 aliphatic carbocycles. The minimum Gasteiger partial charge on any atom is -0.484 e. The number of hydrogen-bond acceptors (Lipinski definition) is 7. The number of sulfonamides is 1. The Morgan fingerprint density at radius 3 is 2.47 bits per heavy atom. The van der Waals surface area contributed by atoms with Crippen molar-refractivity contribution in [1.82, 2.24) is 4.31 Å². The van der Waals surface area contributed by atoms with E-state index >= 15 is 0 Å². The second-order valence-electron chi connectivity index (χ2n) is 6.58. The molecule has 0 aromatic heterocycles. The average Bonchev–Trinajstić information content (AvgIpc) is 2.73. The van der Waals surface area contributed by atoms with E-state index in [9.17, 15) is 23.3 Å². The van der Waals surface area contributed by atoms with Crippen LogP contribution in [0.5, 0.6) is 5.75 Å². The summed E-state index contributed by atoms with van der Waals surface area (Å²) >= 11 is 0. The zero-order valence-electron chi connectivity index (χ0n) is 16.2. The Bertz CT molecular complexity index is 1030. The van der Waals surface area contributed by atoms with E-state index < -0.39 is 20.9 Å². The standard InChI is InChI=1S/C19H21N3O7S/c1-14-12-16(4-7-18(14)22(24)25)29-13-19(23)20-15-2-5-17(6-3-15)30(26,27)21-8-10-28-11-9-21/h2-7,12H,8-11,13H2,1H3,(H,20,23). The summed E-state index contributed by atoms with van der Waals surface area (Å²) in [4.78, 5) is 22.6. The maximum atomic E-state index is 12.6. The van der Waals surface area contributed by atoms with E-state index in [1.54, 1.807) is 6.92 Å². The summed E-state index contributed by atoms with van der Waals surface area (Å²) in [7, 11) is -3.60. The van der Waals surface area contributed by atoms with Crippen molar-refractivity contribution in [1.29, 1.82) is 0 Å². The Morgan fingerprint density at radius 2 is 1.87 bits per heavy atom. The topological polar surface area (TPSA) is 128 Å². The summed E-state index contributed by atoms with van der Waals surface area (Å²) in [6.07, 6.45) is 0. The molecule has 1 fully saturated rings. The SMILES string of the molecule is Cc1cc(OCC(=O)Nc2ccc(S(=O)(=O)N3CCOCC3)cc2)ccc1[N+](=O)[O-]. The molecule has 1 aliphatic heterocycles. The van der Waals surface area contributed by atoms with E-state index in [1.807, 2.05) is 0 Å². The van der Waals surface area contributed by atoms with Crippen LogP contribution >= 0.6 is 0 Å². The Kier molecular flexibility index (Phi) is 6.65. The maximum Gasteiger partial charge on any atom is 0.272 e. The third-order valence-corrected chi connectivity index (χ3v) is 6.39. The molecule has 30 heavy (non-hydrogen) atoms. The van der Waals surface area contributed by atoms with Crippen molar-refractivity contribution in [2.45, 2.75) is 11.8 Å². The van der Waals surface area contributed by atoms with Crippen molar-refractivity contribution in [3.8, 4) is 5.75 Å². The number of nitrogens with zero attached hydrogens (tertiary/aromatic N) is 2. The first-order valence-corrected chi connectivity index (χ1v) is 10.6. The van der Waals surface area contributed by atoms with Gasteiger partial charge in [0.25, 0.3) is 11.6 Å². The number of amides is 1. The molecule has 1 N–H and O–H groups in total. The largest absolute Gasteiger partial charge is 0.484 e. The summed E-state index contributed by atoms with van der Waals surface area (Å²) in [5, 5.41) is 13.4. The molecular weight excluding hydrogens is 414 g/mol. The molecule has 0 atom stereocenters. The second kappa shape index (κ2) is 9.20. The molecule has 160 valence electrons. The third-order valence-electron chi connectivity index (χ3n) is 4.48. The normalized spacial score (nSPS) is 14.8. The Labute approximate surface area is 173 Å². The summed E-state index contributed by atoms with van der Waals surface area (Å²) in [5.74, 6) is -0.116. The summed E-state index contributed by atoms with van der Waals surface area (Å²) in [6, 6.07) is 10.1. The lowest BCUT2D eigenvalue weighted by Gasteiger charge is -2.26. The van der Waals surface area contributed by atoms with E-state index in [2.05, 4.69) is 5.32 Å². The number of morpholine rings is 1. The Hall–Kier alpha value is -3.02. The van der Waals surface area contributed by atoms with Crippen molar-refractivity contribution < 1.29 is 27.6 Å². The van der Waals surface area contributed by atoms with E-state index in [1.165, 1.54) is 46.8 Å². The summed E-state index contributed by atoms with van der Waals surface area (Å²) in [5.41, 5.74) is 0.818. The number of anilines is 1. The van der Waals surface area contributed by atoms with Crippen LogP contribution in [0.15, 0.2) is 47.4 Å². The number of ether oxygens (including phenoxy) is 2. The van der Waals surface area contributed by atoms with Crippen LogP contribution in [-0.2, 0) is 19.6 Å². The first-order valence-electron chi connectivity index (χ1n) is 9.13. The van der Waals surface area contributed by atoms with E-state index in [4.69, 9.17) is 9.47 Å². The molecular formula is C19H21N3O7S. The smallest absolute Gasteiger partial charge is 0.272 e. The molecule has 0 unspecified atom stereocenters. The zero-order chi connectivity index (χ0) is 21.7. The van der Waals surface area contributed by atoms with Gasteiger partial charge in [-0.25, -0.2) is 8.42 Å². The fraction of sp³-hybridized carbons (Fsp3) is 0.316. The second-order valence-corrected chi connectivity index (χ2v) is 8.52. The third kappa shape index (κ3) is 5.12. The summed E-state index contributed by atoms with van der Waals surface area (Å²) in [6.45, 7) is 2.62. The van der Waals surface area contributed by atoms with E-state index in [0.29, 0.717) is 43.3 Å². The minimum atomic E-state index is -3.60. The lowest BCUT2D eigenvalue weighted by Crippen LogP contribution is -2.40. The van der Waals surface area contributed by atoms with Crippen LogP contribution in [0.2, 0.25) is 0 Å². The fourth-order valence-electron chi connectivity index (χ4n) is 2.91. The van der Waals surface area contributed by atoms with Crippen LogP contribution in [0.25, 0.3) is 0 Å². The molecule has 1 aliphatic rings. The van der Waals surface area contributed by atoms with Gasteiger partial charge < -0.3 is 14.8 Å². The lowest BCUT2D eigenvalue weighted by atomic mass is 10.2. The maximum absolute atomic E-state index is 12.6. The first kappa shape index (κ1) is 21.7. The zero-order valence-corrected chi connectivity index (χ0v) is 17.1. The predicted molar refractivity (Wildman–Crippen MR) is 108 cm³/mol. The number of nitro groups is 1. The first-order chi connectivity index (χ1) is 14.3. The highest BCUT2D eigenvalue weighted by molar-refractivity contribution is 7.89. The van der Waals surface area contributed by atoms with Crippen molar-refractivity contribution in [3.63, 3.8) is 0 Å². The molecule has 0 bridgehead atoms. The molecule has 1 amide bonds. The molecule has 2 aromatic carbocycles. The van der Waals surface area contributed by atoms with Gasteiger partial charge >= 0.3 is 0 Å². The highest BCUT2D eigenvalue weighted by atomic mass is 32.2. The van der Waals surface area contributed by atoms with Crippen LogP contribution in [0.4, 0.5) is 11.4 Å². The molecule has 11 heteroatoms. The van der Waals surface area contributed by atoms with Crippen LogP contribution in [0, 0.1) is 17.0 Å².